The molecule has 0 radical (unpaired) electrons. The van der Waals surface area contributed by atoms with Gasteiger partial charge < -0.3 is 5.32 Å². The van der Waals surface area contributed by atoms with Crippen molar-refractivity contribution in [1.29, 1.82) is 0 Å². The van der Waals surface area contributed by atoms with Crippen LogP contribution in [0.4, 0.5) is 0 Å². The molecule has 1 N–H and O–H groups in total. The van der Waals surface area contributed by atoms with E-state index in [2.05, 4.69) is 47.3 Å². The molecule has 0 saturated carbocycles. The normalized spacial score (nSPS) is 12.3. The second-order valence-electron chi connectivity index (χ2n) is 7.15. The summed E-state index contributed by atoms with van der Waals surface area (Å²) in [5.74, 6) is 1.23. The Hall–Kier alpha value is -2.96. The third-order valence-corrected chi connectivity index (χ3v) is 4.43. The summed E-state index contributed by atoms with van der Waals surface area (Å²) in [7, 11) is 0. The fourth-order valence-electron chi connectivity index (χ4n) is 3.02. The van der Waals surface area contributed by atoms with Crippen molar-refractivity contribution in [3.63, 3.8) is 0 Å². The maximum Gasteiger partial charge on any atom is 0.290 e. The molecule has 1 atom stereocenters. The third kappa shape index (κ3) is 4.42. The van der Waals surface area contributed by atoms with Gasteiger partial charge in [-0.15, -0.1) is 5.10 Å². The largest absolute Gasteiger partial charge is 0.349 e. The maximum atomic E-state index is 12.5. The number of hydrogen-bond donors (Lipinski definition) is 1. The number of amides is 1. The molecular weight excluding hydrogens is 340 g/mol. The van der Waals surface area contributed by atoms with Gasteiger partial charge in [0.2, 0.25) is 5.82 Å². The molecule has 0 aliphatic rings. The molecule has 142 valence electrons. The van der Waals surface area contributed by atoms with Crippen molar-refractivity contribution in [2.45, 2.75) is 40.2 Å². The summed E-state index contributed by atoms with van der Waals surface area (Å²) in [5.41, 5.74) is 2.13. The number of rotatable bonds is 7. The Labute approximate surface area is 159 Å². The molecule has 7 nitrogen and oxygen atoms in total. The van der Waals surface area contributed by atoms with Crippen LogP contribution in [0.5, 0.6) is 0 Å². The average molecular weight is 366 g/mol. The number of nitrogens with zero attached hydrogens (tertiary/aromatic N) is 5. The van der Waals surface area contributed by atoms with E-state index in [0.717, 1.165) is 12.2 Å². The molecule has 27 heavy (non-hydrogen) atoms. The summed E-state index contributed by atoms with van der Waals surface area (Å²) < 4.78 is 3.61. The van der Waals surface area contributed by atoms with E-state index in [4.69, 9.17) is 0 Å². The van der Waals surface area contributed by atoms with Crippen LogP contribution in [0, 0.1) is 12.8 Å². The first-order chi connectivity index (χ1) is 13.0. The molecule has 0 aliphatic carbocycles. The predicted molar refractivity (Wildman–Crippen MR) is 104 cm³/mol. The number of carbonyl (C=O) groups is 1. The van der Waals surface area contributed by atoms with Crippen molar-refractivity contribution in [1.82, 2.24) is 29.9 Å². The highest BCUT2D eigenvalue weighted by Gasteiger charge is 2.18. The highest BCUT2D eigenvalue weighted by Crippen LogP contribution is 2.23. The van der Waals surface area contributed by atoms with Gasteiger partial charge in [0.15, 0.2) is 0 Å². The third-order valence-electron chi connectivity index (χ3n) is 4.43. The molecule has 7 heteroatoms. The molecular formula is C20H26N6O. The molecule has 0 bridgehead atoms. The molecule has 2 aromatic heterocycles. The fraction of sp³-hybridized carbons (Fsp3) is 0.400. The molecule has 2 heterocycles. The fourth-order valence-corrected chi connectivity index (χ4v) is 3.02. The van der Waals surface area contributed by atoms with Gasteiger partial charge in [-0.1, -0.05) is 39.0 Å². The highest BCUT2D eigenvalue weighted by molar-refractivity contribution is 5.90. The zero-order valence-electron chi connectivity index (χ0n) is 16.3. The van der Waals surface area contributed by atoms with Gasteiger partial charge in [-0.05, 0) is 36.5 Å². The van der Waals surface area contributed by atoms with Crippen LogP contribution in [-0.4, -0.2) is 37.0 Å². The van der Waals surface area contributed by atoms with Gasteiger partial charge in [-0.3, -0.25) is 9.48 Å². The molecule has 3 aromatic rings. The predicted octanol–water partition coefficient (Wildman–Crippen LogP) is 2.96. The highest BCUT2D eigenvalue weighted by atomic mass is 16.2. The summed E-state index contributed by atoms with van der Waals surface area (Å²) >= 11 is 0. The smallest absolute Gasteiger partial charge is 0.290 e. The van der Waals surface area contributed by atoms with Crippen molar-refractivity contribution in [2.24, 2.45) is 5.92 Å². The number of benzene rings is 1. The van der Waals surface area contributed by atoms with Gasteiger partial charge >= 0.3 is 0 Å². The van der Waals surface area contributed by atoms with Crippen molar-refractivity contribution >= 4 is 5.91 Å². The van der Waals surface area contributed by atoms with Crippen LogP contribution in [0.2, 0.25) is 0 Å². The van der Waals surface area contributed by atoms with Crippen LogP contribution in [0.3, 0.4) is 0 Å². The minimum absolute atomic E-state index is 0.192. The Balaban J connectivity index is 1.70. The average Bonchev–Trinajstić information content (AvgIpc) is 3.29. The van der Waals surface area contributed by atoms with Gasteiger partial charge in [0.05, 0.1) is 5.69 Å². The Morgan fingerprint density at radius 2 is 1.96 bits per heavy atom. The second kappa shape index (κ2) is 8.16. The minimum Gasteiger partial charge on any atom is -0.349 e. The van der Waals surface area contributed by atoms with Crippen LogP contribution in [0.15, 0.2) is 42.7 Å². The summed E-state index contributed by atoms with van der Waals surface area (Å²) in [6.07, 6.45) is 3.66. The van der Waals surface area contributed by atoms with Crippen LogP contribution in [0.1, 0.15) is 48.7 Å². The summed E-state index contributed by atoms with van der Waals surface area (Å²) in [5, 5.41) is 11.6. The van der Waals surface area contributed by atoms with Crippen molar-refractivity contribution in [3.05, 3.63) is 59.9 Å². The molecule has 3 rings (SSSR count). The number of hydrogen-bond acceptors (Lipinski definition) is 4. The van der Waals surface area contributed by atoms with Gasteiger partial charge in [-0.25, -0.2) is 9.67 Å². The Kier molecular flexibility index (Phi) is 5.69. The molecule has 1 unspecified atom stereocenters. The molecule has 0 saturated heterocycles. The van der Waals surface area contributed by atoms with E-state index >= 15 is 0 Å². The molecule has 0 aliphatic heterocycles. The molecule has 1 amide bonds. The number of nitrogens with one attached hydrogen (secondary N) is 1. The lowest BCUT2D eigenvalue weighted by atomic mass is 10.0. The first-order valence-electron chi connectivity index (χ1n) is 9.24. The van der Waals surface area contributed by atoms with Gasteiger partial charge in [0.1, 0.15) is 5.82 Å². The van der Waals surface area contributed by atoms with Gasteiger partial charge in [0.25, 0.3) is 5.91 Å². The Morgan fingerprint density at radius 3 is 2.67 bits per heavy atom. The van der Waals surface area contributed by atoms with Crippen LogP contribution in [-0.2, 0) is 6.54 Å². The summed E-state index contributed by atoms with van der Waals surface area (Å²) in [4.78, 5) is 16.9. The van der Waals surface area contributed by atoms with E-state index in [-0.39, 0.29) is 17.6 Å². The molecule has 0 spiro atoms. The monoisotopic (exact) mass is 366 g/mol. The number of aromatic nitrogens is 5. The van der Waals surface area contributed by atoms with Crippen LogP contribution < -0.4 is 5.32 Å². The van der Waals surface area contributed by atoms with Crippen molar-refractivity contribution in [2.75, 3.05) is 6.54 Å². The quantitative estimate of drug-likeness (QED) is 0.697. The Bertz CT molecular complexity index is 897. The van der Waals surface area contributed by atoms with E-state index in [0.29, 0.717) is 18.3 Å². The summed E-state index contributed by atoms with van der Waals surface area (Å²) in [6, 6.07) is 9.96. The number of carbonyl (C=O) groups excluding carboxylic acids is 1. The van der Waals surface area contributed by atoms with E-state index < -0.39 is 0 Å². The first kappa shape index (κ1) is 18.8. The molecule has 0 fully saturated rings. The maximum absolute atomic E-state index is 12.5. The van der Waals surface area contributed by atoms with Crippen molar-refractivity contribution in [3.8, 4) is 5.69 Å². The zero-order valence-corrected chi connectivity index (χ0v) is 16.3. The standard InChI is InChI=1S/C20H26N6O/c1-14(2)17-8-5-6-9-18(17)26-16(4)23-19(24-26)20(27)21-12-15(3)13-25-11-7-10-22-25/h5-11,14-15H,12-13H2,1-4H3,(H,21,27). The van der Waals surface area contributed by atoms with E-state index in [9.17, 15) is 4.79 Å². The van der Waals surface area contributed by atoms with E-state index in [1.165, 1.54) is 5.56 Å². The van der Waals surface area contributed by atoms with Gasteiger partial charge in [-0.2, -0.15) is 5.10 Å². The summed E-state index contributed by atoms with van der Waals surface area (Å²) in [6.45, 7) is 9.49. The second-order valence-corrected chi connectivity index (χ2v) is 7.15. The number of aryl methyl sites for hydroxylation is 1. The number of para-hydroxylation sites is 1. The van der Waals surface area contributed by atoms with E-state index in [1.54, 1.807) is 10.9 Å². The zero-order chi connectivity index (χ0) is 19.4. The lowest BCUT2D eigenvalue weighted by Crippen LogP contribution is -2.31. The van der Waals surface area contributed by atoms with Crippen molar-refractivity contribution < 1.29 is 4.79 Å². The van der Waals surface area contributed by atoms with Crippen LogP contribution >= 0.6 is 0 Å². The molecule has 1 aromatic carbocycles. The minimum atomic E-state index is -0.258. The van der Waals surface area contributed by atoms with Crippen LogP contribution in [0.25, 0.3) is 5.69 Å². The topological polar surface area (TPSA) is 77.6 Å². The lowest BCUT2D eigenvalue weighted by molar-refractivity contribution is 0.0936. The van der Waals surface area contributed by atoms with E-state index in [1.807, 2.05) is 42.1 Å². The SMILES string of the molecule is Cc1nc(C(=O)NCC(C)Cn2cccn2)nn1-c1ccccc1C(C)C. The Morgan fingerprint density at radius 1 is 1.19 bits per heavy atom. The van der Waals surface area contributed by atoms with Gasteiger partial charge in [0, 0.05) is 25.5 Å². The first-order valence-corrected chi connectivity index (χ1v) is 9.24. The lowest BCUT2D eigenvalue weighted by Gasteiger charge is -2.13.